The molecule has 98 valence electrons. The van der Waals surface area contributed by atoms with E-state index in [2.05, 4.69) is 35.2 Å². The summed E-state index contributed by atoms with van der Waals surface area (Å²) in [4.78, 5) is 2.78. The molecule has 1 aliphatic heterocycles. The van der Waals surface area contributed by atoms with E-state index >= 15 is 0 Å². The van der Waals surface area contributed by atoms with E-state index in [1.54, 1.807) is 5.56 Å². The van der Waals surface area contributed by atoms with Gasteiger partial charge in [-0.3, -0.25) is 4.90 Å². The van der Waals surface area contributed by atoms with E-state index < -0.39 is 0 Å². The average Bonchev–Trinajstić information content (AvgIpc) is 2.76. The topological polar surface area (TPSA) is 3.24 Å². The molecule has 0 amide bonds. The molecular weight excluding hydrogens is 218 g/mol. The molecule has 0 radical (unpaired) electrons. The zero-order valence-electron chi connectivity index (χ0n) is 11.4. The Kier molecular flexibility index (Phi) is 3.99. The van der Waals surface area contributed by atoms with E-state index in [-0.39, 0.29) is 0 Å². The highest BCUT2D eigenvalue weighted by atomic mass is 15.2. The van der Waals surface area contributed by atoms with E-state index in [9.17, 15) is 0 Å². The number of rotatable bonds is 2. The van der Waals surface area contributed by atoms with Crippen LogP contribution in [0.3, 0.4) is 0 Å². The summed E-state index contributed by atoms with van der Waals surface area (Å²) in [5.74, 6) is 0.787. The van der Waals surface area contributed by atoms with Crippen LogP contribution in [0.15, 0.2) is 30.3 Å². The standard InChI is InChI=1S/C17H25N/c1-2-7-11-17(10-6-1)18-13-12-16(14-18)15-8-4-3-5-9-15/h3-5,8-9,16-17H,1-2,6-7,10-14H2. The minimum Gasteiger partial charge on any atom is -0.300 e. The number of benzene rings is 1. The summed E-state index contributed by atoms with van der Waals surface area (Å²) in [7, 11) is 0. The molecule has 0 spiro atoms. The zero-order valence-corrected chi connectivity index (χ0v) is 11.4. The van der Waals surface area contributed by atoms with Gasteiger partial charge in [-0.2, -0.15) is 0 Å². The van der Waals surface area contributed by atoms with Crippen LogP contribution in [0.1, 0.15) is 56.4 Å². The summed E-state index contributed by atoms with van der Waals surface area (Å²) >= 11 is 0. The van der Waals surface area contributed by atoms with Gasteiger partial charge in [0.25, 0.3) is 0 Å². The minimum absolute atomic E-state index is 0.787. The van der Waals surface area contributed by atoms with Gasteiger partial charge in [0.2, 0.25) is 0 Å². The van der Waals surface area contributed by atoms with E-state index in [0.717, 1.165) is 12.0 Å². The molecule has 0 N–H and O–H groups in total. The molecule has 1 heterocycles. The van der Waals surface area contributed by atoms with Gasteiger partial charge < -0.3 is 0 Å². The third kappa shape index (κ3) is 2.77. The predicted octanol–water partition coefficient (Wildman–Crippen LogP) is 4.20. The fourth-order valence-corrected chi connectivity index (χ4v) is 3.74. The van der Waals surface area contributed by atoms with Gasteiger partial charge >= 0.3 is 0 Å². The van der Waals surface area contributed by atoms with Gasteiger partial charge in [0.15, 0.2) is 0 Å². The monoisotopic (exact) mass is 243 g/mol. The molecule has 1 unspecified atom stereocenters. The van der Waals surface area contributed by atoms with Crippen LogP contribution in [0.25, 0.3) is 0 Å². The Bertz CT molecular complexity index is 351. The molecule has 2 aliphatic rings. The normalized spacial score (nSPS) is 27.2. The third-order valence-corrected chi connectivity index (χ3v) is 4.83. The molecule has 18 heavy (non-hydrogen) atoms. The fraction of sp³-hybridized carbons (Fsp3) is 0.647. The summed E-state index contributed by atoms with van der Waals surface area (Å²) in [6, 6.07) is 12.0. The van der Waals surface area contributed by atoms with Crippen LogP contribution in [0.2, 0.25) is 0 Å². The van der Waals surface area contributed by atoms with Gasteiger partial charge in [0.05, 0.1) is 0 Å². The van der Waals surface area contributed by atoms with Crippen molar-refractivity contribution in [3.05, 3.63) is 35.9 Å². The Hall–Kier alpha value is -0.820. The summed E-state index contributed by atoms with van der Waals surface area (Å²) in [6.07, 6.45) is 10.1. The van der Waals surface area contributed by atoms with Crippen molar-refractivity contribution < 1.29 is 0 Å². The van der Waals surface area contributed by atoms with Crippen molar-refractivity contribution in [2.75, 3.05) is 13.1 Å². The largest absolute Gasteiger partial charge is 0.300 e. The lowest BCUT2D eigenvalue weighted by Gasteiger charge is -2.26. The summed E-state index contributed by atoms with van der Waals surface area (Å²) in [5.41, 5.74) is 1.55. The molecule has 1 saturated heterocycles. The SMILES string of the molecule is c1ccc(C2CCN(C3CCCCCC3)C2)cc1. The van der Waals surface area contributed by atoms with E-state index in [1.165, 1.54) is 58.0 Å². The van der Waals surface area contributed by atoms with Crippen molar-refractivity contribution in [3.63, 3.8) is 0 Å². The first-order valence-corrected chi connectivity index (χ1v) is 7.72. The van der Waals surface area contributed by atoms with Crippen molar-refractivity contribution in [1.29, 1.82) is 0 Å². The first-order chi connectivity index (χ1) is 8.93. The van der Waals surface area contributed by atoms with Gasteiger partial charge in [-0.15, -0.1) is 0 Å². The number of hydrogen-bond donors (Lipinski definition) is 0. The van der Waals surface area contributed by atoms with Crippen molar-refractivity contribution >= 4 is 0 Å². The van der Waals surface area contributed by atoms with Gasteiger partial charge in [0.1, 0.15) is 0 Å². The van der Waals surface area contributed by atoms with Crippen molar-refractivity contribution in [2.24, 2.45) is 0 Å². The van der Waals surface area contributed by atoms with Crippen LogP contribution >= 0.6 is 0 Å². The van der Waals surface area contributed by atoms with Gasteiger partial charge in [-0.25, -0.2) is 0 Å². The highest BCUT2D eigenvalue weighted by molar-refractivity contribution is 5.21. The van der Waals surface area contributed by atoms with E-state index in [0.29, 0.717) is 0 Å². The van der Waals surface area contributed by atoms with Gasteiger partial charge in [0, 0.05) is 12.6 Å². The summed E-state index contributed by atoms with van der Waals surface area (Å²) in [5, 5.41) is 0. The first kappa shape index (κ1) is 12.2. The maximum Gasteiger partial charge on any atom is 0.00955 e. The molecule has 0 bridgehead atoms. The molecule has 1 nitrogen and oxygen atoms in total. The maximum atomic E-state index is 2.78. The van der Waals surface area contributed by atoms with Crippen LogP contribution in [0, 0.1) is 0 Å². The van der Waals surface area contributed by atoms with E-state index in [4.69, 9.17) is 0 Å². The second-order valence-corrected chi connectivity index (χ2v) is 6.04. The van der Waals surface area contributed by atoms with Crippen molar-refractivity contribution in [2.45, 2.75) is 56.9 Å². The molecule has 0 aromatic heterocycles. The Balaban J connectivity index is 1.61. The molecular formula is C17H25N. The predicted molar refractivity (Wildman–Crippen MR) is 76.9 cm³/mol. The molecule has 1 aromatic carbocycles. The summed E-state index contributed by atoms with van der Waals surface area (Å²) < 4.78 is 0. The molecule has 1 atom stereocenters. The Morgan fingerprint density at radius 3 is 2.28 bits per heavy atom. The molecule has 1 heteroatoms. The van der Waals surface area contributed by atoms with Gasteiger partial charge in [-0.1, -0.05) is 56.0 Å². The van der Waals surface area contributed by atoms with Crippen LogP contribution in [-0.2, 0) is 0 Å². The lowest BCUT2D eigenvalue weighted by Crippen LogP contribution is -2.32. The number of likely N-dealkylation sites (tertiary alicyclic amines) is 1. The van der Waals surface area contributed by atoms with Crippen molar-refractivity contribution in [1.82, 2.24) is 4.90 Å². The van der Waals surface area contributed by atoms with Crippen LogP contribution < -0.4 is 0 Å². The average molecular weight is 243 g/mol. The molecule has 1 saturated carbocycles. The Morgan fingerprint density at radius 2 is 1.56 bits per heavy atom. The zero-order chi connectivity index (χ0) is 12.2. The summed E-state index contributed by atoms with van der Waals surface area (Å²) in [6.45, 7) is 2.62. The van der Waals surface area contributed by atoms with E-state index in [1.807, 2.05) is 0 Å². The highest BCUT2D eigenvalue weighted by Gasteiger charge is 2.29. The Morgan fingerprint density at radius 1 is 0.833 bits per heavy atom. The minimum atomic E-state index is 0.787. The Labute approximate surface area is 111 Å². The van der Waals surface area contributed by atoms with Crippen LogP contribution in [0.5, 0.6) is 0 Å². The lowest BCUT2D eigenvalue weighted by atomic mass is 9.98. The molecule has 1 aromatic rings. The van der Waals surface area contributed by atoms with Crippen LogP contribution in [-0.4, -0.2) is 24.0 Å². The molecule has 1 aliphatic carbocycles. The second-order valence-electron chi connectivity index (χ2n) is 6.04. The highest BCUT2D eigenvalue weighted by Crippen LogP contribution is 2.31. The number of nitrogens with zero attached hydrogens (tertiary/aromatic N) is 1. The van der Waals surface area contributed by atoms with Crippen molar-refractivity contribution in [3.8, 4) is 0 Å². The fourth-order valence-electron chi connectivity index (χ4n) is 3.74. The maximum absolute atomic E-state index is 2.78. The first-order valence-electron chi connectivity index (χ1n) is 7.72. The lowest BCUT2D eigenvalue weighted by molar-refractivity contribution is 0.218. The number of hydrogen-bond acceptors (Lipinski definition) is 1. The molecule has 3 rings (SSSR count). The van der Waals surface area contributed by atoms with Gasteiger partial charge in [-0.05, 0) is 37.3 Å². The second kappa shape index (κ2) is 5.88. The third-order valence-electron chi connectivity index (χ3n) is 4.83. The van der Waals surface area contributed by atoms with Crippen LogP contribution in [0.4, 0.5) is 0 Å². The molecule has 2 fully saturated rings. The smallest absolute Gasteiger partial charge is 0.00955 e. The quantitative estimate of drug-likeness (QED) is 0.704.